The second-order valence-corrected chi connectivity index (χ2v) is 9.11. The van der Waals surface area contributed by atoms with E-state index in [-0.39, 0.29) is 6.29 Å². The topological polar surface area (TPSA) is 18.5 Å². The molecule has 1 aliphatic heterocycles. The van der Waals surface area contributed by atoms with Crippen molar-refractivity contribution in [2.24, 2.45) is 17.8 Å². The maximum absolute atomic E-state index is 6.41. The molecule has 4 saturated carbocycles. The molecule has 2 heteroatoms. The maximum atomic E-state index is 6.41. The molecule has 0 aromatic heterocycles. The van der Waals surface area contributed by atoms with E-state index in [1.54, 1.807) is 0 Å². The van der Waals surface area contributed by atoms with Gasteiger partial charge in [0.2, 0.25) is 0 Å². The summed E-state index contributed by atoms with van der Waals surface area (Å²) < 4.78 is 12.3. The van der Waals surface area contributed by atoms with Gasteiger partial charge in [-0.25, -0.2) is 0 Å². The van der Waals surface area contributed by atoms with Gasteiger partial charge < -0.3 is 9.47 Å². The standard InChI is InChI=1S/C22H30O2/c1-15-5-6-20(24-21-4-2-3-7-23-21)19(8-15)22-12-16-9-17(13-22)11-18(10-16)14-22/h5-6,8,16-18,21H,2-4,7,9-14H2,1H3. The summed E-state index contributed by atoms with van der Waals surface area (Å²) in [4.78, 5) is 0. The summed E-state index contributed by atoms with van der Waals surface area (Å²) in [6.45, 7) is 3.08. The Morgan fingerprint density at radius 2 is 1.71 bits per heavy atom. The van der Waals surface area contributed by atoms with Crippen molar-refractivity contribution in [3.8, 4) is 5.75 Å². The average Bonchev–Trinajstić information content (AvgIpc) is 2.56. The highest BCUT2D eigenvalue weighted by Crippen LogP contribution is 2.62. The molecular formula is C22H30O2. The van der Waals surface area contributed by atoms with E-state index >= 15 is 0 Å². The molecule has 4 aliphatic carbocycles. The third kappa shape index (κ3) is 2.58. The second kappa shape index (κ2) is 5.76. The largest absolute Gasteiger partial charge is 0.465 e. The van der Waals surface area contributed by atoms with Crippen LogP contribution < -0.4 is 4.74 Å². The van der Waals surface area contributed by atoms with Crippen LogP contribution in [0.1, 0.15) is 68.9 Å². The summed E-state index contributed by atoms with van der Waals surface area (Å²) in [5.74, 6) is 4.02. The molecule has 0 N–H and O–H groups in total. The van der Waals surface area contributed by atoms with E-state index in [4.69, 9.17) is 9.47 Å². The van der Waals surface area contributed by atoms with Gasteiger partial charge in [-0.1, -0.05) is 17.7 Å². The first kappa shape index (κ1) is 15.3. The average molecular weight is 326 g/mol. The van der Waals surface area contributed by atoms with Crippen molar-refractivity contribution in [1.82, 2.24) is 0 Å². The predicted molar refractivity (Wildman–Crippen MR) is 95.2 cm³/mol. The number of hydrogen-bond acceptors (Lipinski definition) is 2. The molecule has 0 radical (unpaired) electrons. The smallest absolute Gasteiger partial charge is 0.199 e. The molecule has 1 aromatic rings. The van der Waals surface area contributed by atoms with Gasteiger partial charge in [0.1, 0.15) is 5.75 Å². The Labute approximate surface area is 145 Å². The van der Waals surface area contributed by atoms with Gasteiger partial charge in [0, 0.05) is 12.0 Å². The molecule has 6 rings (SSSR count). The van der Waals surface area contributed by atoms with Crippen LogP contribution >= 0.6 is 0 Å². The van der Waals surface area contributed by atoms with Crippen LogP contribution in [-0.2, 0) is 10.2 Å². The van der Waals surface area contributed by atoms with Crippen molar-refractivity contribution in [3.05, 3.63) is 29.3 Å². The monoisotopic (exact) mass is 326 g/mol. The zero-order valence-electron chi connectivity index (χ0n) is 14.9. The molecule has 1 aromatic carbocycles. The molecule has 1 unspecified atom stereocenters. The van der Waals surface area contributed by atoms with Crippen molar-refractivity contribution in [1.29, 1.82) is 0 Å². The minimum Gasteiger partial charge on any atom is -0.465 e. The normalized spacial score (nSPS) is 40.7. The van der Waals surface area contributed by atoms with Gasteiger partial charge in [0.25, 0.3) is 0 Å². The van der Waals surface area contributed by atoms with Crippen molar-refractivity contribution < 1.29 is 9.47 Å². The lowest BCUT2D eigenvalue weighted by Crippen LogP contribution is -2.48. The Morgan fingerprint density at radius 1 is 1.00 bits per heavy atom. The number of aryl methyl sites for hydroxylation is 1. The van der Waals surface area contributed by atoms with E-state index in [9.17, 15) is 0 Å². The first-order valence-electron chi connectivity index (χ1n) is 10.1. The number of rotatable bonds is 3. The lowest BCUT2D eigenvalue weighted by Gasteiger charge is -2.57. The van der Waals surface area contributed by atoms with Gasteiger partial charge in [-0.2, -0.15) is 0 Å². The van der Waals surface area contributed by atoms with Crippen LogP contribution in [0.4, 0.5) is 0 Å². The number of ether oxygens (including phenoxy) is 2. The molecule has 4 bridgehead atoms. The highest BCUT2D eigenvalue weighted by molar-refractivity contribution is 5.44. The van der Waals surface area contributed by atoms with Crippen LogP contribution in [0.25, 0.3) is 0 Å². The van der Waals surface area contributed by atoms with Gasteiger partial charge >= 0.3 is 0 Å². The molecular weight excluding hydrogens is 296 g/mol. The molecule has 24 heavy (non-hydrogen) atoms. The molecule has 2 nitrogen and oxygen atoms in total. The lowest BCUT2D eigenvalue weighted by molar-refractivity contribution is -0.107. The zero-order chi connectivity index (χ0) is 16.1. The minimum atomic E-state index is -0.0332. The Hall–Kier alpha value is -1.02. The van der Waals surface area contributed by atoms with Crippen molar-refractivity contribution in [3.63, 3.8) is 0 Å². The van der Waals surface area contributed by atoms with Gasteiger partial charge in [0.15, 0.2) is 6.29 Å². The molecule has 0 spiro atoms. The third-order valence-electron chi connectivity index (χ3n) is 7.14. The van der Waals surface area contributed by atoms with Crippen LogP contribution in [0.2, 0.25) is 0 Å². The van der Waals surface area contributed by atoms with Crippen molar-refractivity contribution in [2.45, 2.75) is 76.4 Å². The van der Waals surface area contributed by atoms with Gasteiger partial charge in [-0.3, -0.25) is 0 Å². The van der Waals surface area contributed by atoms with E-state index in [2.05, 4.69) is 25.1 Å². The molecule has 1 atom stereocenters. The zero-order valence-corrected chi connectivity index (χ0v) is 14.9. The molecule has 1 saturated heterocycles. The first-order valence-corrected chi connectivity index (χ1v) is 10.1. The van der Waals surface area contributed by atoms with E-state index in [1.165, 1.54) is 62.5 Å². The number of hydrogen-bond donors (Lipinski definition) is 0. The van der Waals surface area contributed by atoms with Crippen LogP contribution in [-0.4, -0.2) is 12.9 Å². The second-order valence-electron chi connectivity index (χ2n) is 9.11. The molecule has 0 amide bonds. The Morgan fingerprint density at radius 3 is 2.33 bits per heavy atom. The minimum absolute atomic E-state index is 0.0332. The van der Waals surface area contributed by atoms with E-state index < -0.39 is 0 Å². The van der Waals surface area contributed by atoms with Crippen LogP contribution in [0, 0.1) is 24.7 Å². The molecule has 130 valence electrons. The summed E-state index contributed by atoms with van der Waals surface area (Å²) in [5.41, 5.74) is 3.28. The van der Waals surface area contributed by atoms with Crippen LogP contribution in [0.15, 0.2) is 18.2 Å². The highest BCUT2D eigenvalue weighted by atomic mass is 16.7. The highest BCUT2D eigenvalue weighted by Gasteiger charge is 2.52. The maximum Gasteiger partial charge on any atom is 0.199 e. The Kier molecular flexibility index (Phi) is 3.66. The Bertz CT molecular complexity index is 579. The summed E-state index contributed by atoms with van der Waals surface area (Å²) in [6, 6.07) is 6.87. The summed E-state index contributed by atoms with van der Waals surface area (Å²) in [5, 5.41) is 0. The van der Waals surface area contributed by atoms with E-state index in [0.29, 0.717) is 5.41 Å². The summed E-state index contributed by atoms with van der Waals surface area (Å²) >= 11 is 0. The van der Waals surface area contributed by atoms with E-state index in [0.717, 1.165) is 36.5 Å². The lowest BCUT2D eigenvalue weighted by atomic mass is 9.48. The predicted octanol–water partition coefficient (Wildman–Crippen LogP) is 5.37. The van der Waals surface area contributed by atoms with Crippen molar-refractivity contribution in [2.75, 3.05) is 6.61 Å². The summed E-state index contributed by atoms with van der Waals surface area (Å²) in [7, 11) is 0. The van der Waals surface area contributed by atoms with Gasteiger partial charge in [0.05, 0.1) is 6.61 Å². The van der Waals surface area contributed by atoms with Gasteiger partial charge in [-0.05, 0) is 87.5 Å². The fourth-order valence-corrected chi connectivity index (χ4v) is 6.55. The first-order chi connectivity index (χ1) is 11.7. The molecule has 1 heterocycles. The van der Waals surface area contributed by atoms with E-state index in [1.807, 2.05) is 0 Å². The number of benzene rings is 1. The SMILES string of the molecule is Cc1ccc(OC2CCCCO2)c(C23CC4CC(CC(C4)C2)C3)c1. The molecule has 5 fully saturated rings. The van der Waals surface area contributed by atoms with Crippen LogP contribution in [0.5, 0.6) is 5.75 Å². The quantitative estimate of drug-likeness (QED) is 0.743. The third-order valence-corrected chi connectivity index (χ3v) is 7.14. The van der Waals surface area contributed by atoms with Crippen molar-refractivity contribution >= 4 is 0 Å². The van der Waals surface area contributed by atoms with Crippen LogP contribution in [0.3, 0.4) is 0 Å². The van der Waals surface area contributed by atoms with Gasteiger partial charge in [-0.15, -0.1) is 0 Å². The fraction of sp³-hybridized carbons (Fsp3) is 0.727. The fourth-order valence-electron chi connectivity index (χ4n) is 6.55. The molecule has 5 aliphatic rings. The summed E-state index contributed by atoms with van der Waals surface area (Å²) in [6.07, 6.45) is 12.1. The Balaban J connectivity index is 1.49.